The van der Waals surface area contributed by atoms with Crippen molar-refractivity contribution < 1.29 is 4.92 Å². The number of benzene rings is 2. The van der Waals surface area contributed by atoms with Gasteiger partial charge in [0.15, 0.2) is 0 Å². The quantitative estimate of drug-likeness (QED) is 0.432. The Morgan fingerprint density at radius 1 is 1.14 bits per heavy atom. The molecular weight excluding hydrogens is 284 g/mol. The molecule has 0 amide bonds. The number of nitrogens with zero attached hydrogens (tertiary/aromatic N) is 1. The number of hydrogen-bond donors (Lipinski definition) is 1. The second-order valence-corrected chi connectivity index (χ2v) is 5.82. The van der Waals surface area contributed by atoms with Crippen molar-refractivity contribution in [2.75, 3.05) is 0 Å². The van der Waals surface area contributed by atoms with Crippen LogP contribution in [0.5, 0.6) is 0 Å². The Morgan fingerprint density at radius 2 is 1.86 bits per heavy atom. The molecule has 5 heteroatoms. The van der Waals surface area contributed by atoms with E-state index in [1.165, 1.54) is 10.3 Å². The summed E-state index contributed by atoms with van der Waals surface area (Å²) in [5.74, 6) is 0.792. The van der Waals surface area contributed by atoms with Gasteiger partial charge in [-0.05, 0) is 18.6 Å². The van der Waals surface area contributed by atoms with Gasteiger partial charge in [-0.3, -0.25) is 10.1 Å². The van der Waals surface area contributed by atoms with Gasteiger partial charge < -0.3 is 4.98 Å². The topological polar surface area (TPSA) is 58.9 Å². The van der Waals surface area contributed by atoms with E-state index in [0.717, 1.165) is 22.5 Å². The minimum atomic E-state index is -0.374. The van der Waals surface area contributed by atoms with E-state index < -0.39 is 0 Å². The van der Waals surface area contributed by atoms with E-state index in [-0.39, 0.29) is 10.6 Å². The molecule has 0 radical (unpaired) electrons. The van der Waals surface area contributed by atoms with Crippen LogP contribution >= 0.6 is 11.8 Å². The molecule has 1 heterocycles. The third-order valence-electron chi connectivity index (χ3n) is 3.36. The van der Waals surface area contributed by atoms with Gasteiger partial charge in [0.2, 0.25) is 0 Å². The van der Waals surface area contributed by atoms with Gasteiger partial charge in [0.05, 0.1) is 4.92 Å². The monoisotopic (exact) mass is 298 g/mol. The smallest absolute Gasteiger partial charge is 0.269 e. The van der Waals surface area contributed by atoms with Crippen LogP contribution in [-0.2, 0) is 5.75 Å². The van der Waals surface area contributed by atoms with Crippen LogP contribution in [0.1, 0.15) is 11.3 Å². The fraction of sp³-hybridized carbons (Fsp3) is 0.125. The van der Waals surface area contributed by atoms with E-state index in [0.29, 0.717) is 0 Å². The van der Waals surface area contributed by atoms with Crippen LogP contribution in [0.3, 0.4) is 0 Å². The van der Waals surface area contributed by atoms with Gasteiger partial charge in [0.25, 0.3) is 5.69 Å². The van der Waals surface area contributed by atoms with Gasteiger partial charge >= 0.3 is 0 Å². The van der Waals surface area contributed by atoms with Crippen LogP contribution in [0.2, 0.25) is 0 Å². The predicted molar refractivity (Wildman–Crippen MR) is 85.7 cm³/mol. The number of rotatable bonds is 4. The average Bonchev–Trinajstić information content (AvgIpc) is 2.81. The molecule has 4 nitrogen and oxygen atoms in total. The molecule has 3 rings (SSSR count). The lowest BCUT2D eigenvalue weighted by atomic mass is 10.2. The molecule has 0 bridgehead atoms. The Labute approximate surface area is 126 Å². The number of para-hydroxylation sites is 1. The number of thioether (sulfide) groups is 1. The van der Waals surface area contributed by atoms with E-state index in [2.05, 4.69) is 24.0 Å². The molecule has 0 spiro atoms. The summed E-state index contributed by atoms with van der Waals surface area (Å²) in [4.78, 5) is 14.9. The molecule has 1 N–H and O–H groups in total. The van der Waals surface area contributed by atoms with Crippen molar-refractivity contribution in [1.82, 2.24) is 4.98 Å². The van der Waals surface area contributed by atoms with Gasteiger partial charge in [0, 0.05) is 39.4 Å². The van der Waals surface area contributed by atoms with E-state index in [1.807, 2.05) is 24.3 Å². The van der Waals surface area contributed by atoms with Crippen LogP contribution in [-0.4, -0.2) is 9.91 Å². The van der Waals surface area contributed by atoms with E-state index in [1.54, 1.807) is 23.9 Å². The van der Waals surface area contributed by atoms with Crippen molar-refractivity contribution in [3.8, 4) is 0 Å². The number of aromatic amines is 1. The second kappa shape index (κ2) is 5.61. The van der Waals surface area contributed by atoms with Crippen molar-refractivity contribution in [2.24, 2.45) is 0 Å². The molecule has 0 atom stereocenters. The van der Waals surface area contributed by atoms with Crippen LogP contribution in [0.4, 0.5) is 5.69 Å². The first kappa shape index (κ1) is 13.7. The molecular formula is C16H14N2O2S. The molecule has 0 aliphatic carbocycles. The normalized spacial score (nSPS) is 10.9. The van der Waals surface area contributed by atoms with Crippen LogP contribution in [0.15, 0.2) is 53.4 Å². The SMILES string of the molecule is Cc1[nH]c2ccccc2c1SCc1ccc([N+](=O)[O-])cc1. The number of H-pyrrole nitrogens is 1. The largest absolute Gasteiger partial charge is 0.358 e. The lowest BCUT2D eigenvalue weighted by molar-refractivity contribution is -0.384. The van der Waals surface area contributed by atoms with Crippen LogP contribution in [0.25, 0.3) is 10.9 Å². The molecule has 21 heavy (non-hydrogen) atoms. The average molecular weight is 298 g/mol. The highest BCUT2D eigenvalue weighted by Gasteiger charge is 2.09. The van der Waals surface area contributed by atoms with Gasteiger partial charge in [-0.15, -0.1) is 11.8 Å². The molecule has 0 saturated carbocycles. The van der Waals surface area contributed by atoms with Crippen LogP contribution < -0.4 is 0 Å². The van der Waals surface area contributed by atoms with Crippen molar-refractivity contribution in [3.63, 3.8) is 0 Å². The first-order valence-corrected chi connectivity index (χ1v) is 7.57. The van der Waals surface area contributed by atoms with Gasteiger partial charge in [-0.25, -0.2) is 0 Å². The van der Waals surface area contributed by atoms with Gasteiger partial charge in [-0.1, -0.05) is 30.3 Å². The van der Waals surface area contributed by atoms with E-state index in [9.17, 15) is 10.1 Å². The highest BCUT2D eigenvalue weighted by Crippen LogP contribution is 2.33. The summed E-state index contributed by atoms with van der Waals surface area (Å²) in [7, 11) is 0. The van der Waals surface area contributed by atoms with E-state index in [4.69, 9.17) is 0 Å². The zero-order valence-corrected chi connectivity index (χ0v) is 12.3. The third kappa shape index (κ3) is 2.78. The summed E-state index contributed by atoms with van der Waals surface area (Å²) in [6.45, 7) is 2.07. The maximum Gasteiger partial charge on any atom is 0.269 e. The Kier molecular flexibility index (Phi) is 3.66. The summed E-state index contributed by atoms with van der Waals surface area (Å²) in [6.07, 6.45) is 0. The Morgan fingerprint density at radius 3 is 2.57 bits per heavy atom. The summed E-state index contributed by atoms with van der Waals surface area (Å²) < 4.78 is 0. The Bertz CT molecular complexity index is 794. The van der Waals surface area contributed by atoms with Gasteiger partial charge in [-0.2, -0.15) is 0 Å². The second-order valence-electron chi connectivity index (χ2n) is 4.84. The van der Waals surface area contributed by atoms with Crippen molar-refractivity contribution in [2.45, 2.75) is 17.6 Å². The number of non-ortho nitro benzene ring substituents is 1. The summed E-state index contributed by atoms with van der Waals surface area (Å²) in [6, 6.07) is 15.0. The van der Waals surface area contributed by atoms with Crippen LogP contribution in [0, 0.1) is 17.0 Å². The fourth-order valence-electron chi connectivity index (χ4n) is 2.31. The number of nitro groups is 1. The third-order valence-corrected chi connectivity index (χ3v) is 4.66. The van der Waals surface area contributed by atoms with Gasteiger partial charge in [0.1, 0.15) is 0 Å². The number of hydrogen-bond acceptors (Lipinski definition) is 3. The number of aryl methyl sites for hydroxylation is 1. The molecule has 2 aromatic carbocycles. The Hall–Kier alpha value is -2.27. The molecule has 3 aromatic rings. The van der Waals surface area contributed by atoms with E-state index >= 15 is 0 Å². The number of nitro benzene ring substituents is 1. The minimum absolute atomic E-state index is 0.132. The predicted octanol–water partition coefficient (Wildman–Crippen LogP) is 4.68. The molecule has 0 unspecified atom stereocenters. The van der Waals surface area contributed by atoms with Crippen molar-refractivity contribution in [3.05, 3.63) is 69.9 Å². The maximum absolute atomic E-state index is 10.6. The first-order chi connectivity index (χ1) is 10.1. The zero-order chi connectivity index (χ0) is 14.8. The summed E-state index contributed by atoms with van der Waals surface area (Å²) in [5.41, 5.74) is 3.51. The first-order valence-electron chi connectivity index (χ1n) is 6.58. The number of fused-ring (bicyclic) bond motifs is 1. The highest BCUT2D eigenvalue weighted by atomic mass is 32.2. The highest BCUT2D eigenvalue weighted by molar-refractivity contribution is 7.98. The van der Waals surface area contributed by atoms with Crippen molar-refractivity contribution >= 4 is 28.4 Å². The molecule has 0 aliphatic rings. The fourth-order valence-corrected chi connectivity index (χ4v) is 3.41. The summed E-state index contributed by atoms with van der Waals surface area (Å²) in [5, 5.41) is 11.9. The zero-order valence-electron chi connectivity index (χ0n) is 11.5. The lowest BCUT2D eigenvalue weighted by Gasteiger charge is -2.02. The maximum atomic E-state index is 10.6. The molecule has 106 valence electrons. The molecule has 0 saturated heterocycles. The lowest BCUT2D eigenvalue weighted by Crippen LogP contribution is -1.88. The number of nitrogens with one attached hydrogen (secondary N) is 1. The molecule has 1 aromatic heterocycles. The molecule has 0 fully saturated rings. The summed E-state index contributed by atoms with van der Waals surface area (Å²) >= 11 is 1.75. The van der Waals surface area contributed by atoms with Crippen molar-refractivity contribution in [1.29, 1.82) is 0 Å². The molecule has 0 aliphatic heterocycles. The minimum Gasteiger partial charge on any atom is -0.358 e. The Balaban J connectivity index is 1.80. The number of aromatic nitrogens is 1. The standard InChI is InChI=1S/C16H14N2O2S/c1-11-16(14-4-2-3-5-15(14)17-11)21-10-12-6-8-13(9-7-12)18(19)20/h2-9,17H,10H2,1H3.